The molecule has 0 saturated heterocycles. The molecule has 0 amide bonds. The fourth-order valence-corrected chi connectivity index (χ4v) is 3.62. The van der Waals surface area contributed by atoms with Crippen LogP contribution in [0, 0.1) is 13.8 Å². The number of imidazole rings is 1. The van der Waals surface area contributed by atoms with Gasteiger partial charge in [-0.3, -0.25) is 0 Å². The average Bonchev–Trinajstić information content (AvgIpc) is 3.03. The topological polar surface area (TPSA) is 41.3 Å². The minimum absolute atomic E-state index is 0.0149. The highest BCUT2D eigenvalue weighted by Crippen LogP contribution is 2.26. The summed E-state index contributed by atoms with van der Waals surface area (Å²) < 4.78 is 2.23. The first kappa shape index (κ1) is 18.3. The monoisotopic (exact) mass is 371 g/mol. The van der Waals surface area contributed by atoms with Gasteiger partial charge in [0, 0.05) is 19.3 Å². The number of nitrogens with zero attached hydrogens (tertiary/aromatic N) is 3. The fourth-order valence-electron chi connectivity index (χ4n) is 3.62. The molecule has 4 rings (SSSR count). The van der Waals surface area contributed by atoms with Gasteiger partial charge in [0.15, 0.2) is 0 Å². The van der Waals surface area contributed by atoms with Crippen LogP contribution >= 0.6 is 0 Å². The summed E-state index contributed by atoms with van der Waals surface area (Å²) in [7, 11) is 1.87. The molecule has 4 aromatic rings. The van der Waals surface area contributed by atoms with E-state index in [1.165, 1.54) is 22.3 Å². The van der Waals surface area contributed by atoms with Gasteiger partial charge in [-0.2, -0.15) is 0 Å². The molecule has 0 bridgehead atoms. The lowest BCUT2D eigenvalue weighted by atomic mass is 9.99. The van der Waals surface area contributed by atoms with Gasteiger partial charge in [-0.25, -0.2) is 4.98 Å². The van der Waals surface area contributed by atoms with Crippen LogP contribution in [0.25, 0.3) is 22.2 Å². The van der Waals surface area contributed by atoms with Gasteiger partial charge in [0.2, 0.25) is 0 Å². The molecule has 28 heavy (non-hydrogen) atoms. The van der Waals surface area contributed by atoms with Crippen LogP contribution in [0.1, 0.15) is 17.0 Å². The number of hydrogen-bond acceptors (Lipinski definition) is 3. The molecular formula is C24H25N3O. The maximum Gasteiger partial charge on any atom is 0.115 e. The quantitative estimate of drug-likeness (QED) is 0.515. The van der Waals surface area contributed by atoms with Crippen LogP contribution in [0.3, 0.4) is 0 Å². The third-order valence-corrected chi connectivity index (χ3v) is 5.33. The smallest absolute Gasteiger partial charge is 0.115 e. The van der Waals surface area contributed by atoms with E-state index in [1.807, 2.05) is 31.0 Å². The molecule has 142 valence electrons. The van der Waals surface area contributed by atoms with Crippen molar-refractivity contribution in [2.45, 2.75) is 20.4 Å². The molecule has 0 radical (unpaired) electrons. The van der Waals surface area contributed by atoms with Crippen molar-refractivity contribution in [2.24, 2.45) is 0 Å². The first-order valence-corrected chi connectivity index (χ1v) is 9.50. The van der Waals surface area contributed by atoms with Crippen LogP contribution in [0.15, 0.2) is 66.7 Å². The Hall–Kier alpha value is -3.11. The molecule has 0 saturated carbocycles. The molecule has 0 atom stereocenters. The number of benzene rings is 3. The van der Waals surface area contributed by atoms with E-state index in [0.717, 1.165) is 29.1 Å². The highest BCUT2D eigenvalue weighted by Gasteiger charge is 2.10. The van der Waals surface area contributed by atoms with Crippen LogP contribution in [0.4, 0.5) is 5.69 Å². The zero-order valence-corrected chi connectivity index (χ0v) is 16.6. The molecule has 0 unspecified atom stereocenters. The molecule has 0 spiro atoms. The number of aromatic nitrogens is 2. The molecule has 1 aromatic heterocycles. The Bertz CT molecular complexity index is 1110. The van der Waals surface area contributed by atoms with Crippen molar-refractivity contribution in [3.63, 3.8) is 0 Å². The Morgan fingerprint density at radius 1 is 0.964 bits per heavy atom. The Morgan fingerprint density at radius 2 is 1.71 bits per heavy atom. The number of hydrogen-bond donors (Lipinski definition) is 1. The molecule has 0 aliphatic rings. The van der Waals surface area contributed by atoms with E-state index >= 15 is 0 Å². The number of rotatable bonds is 5. The largest absolute Gasteiger partial charge is 0.376 e. The summed E-state index contributed by atoms with van der Waals surface area (Å²) in [4.78, 5) is 6.50. The number of aryl methyl sites for hydroxylation is 2. The summed E-state index contributed by atoms with van der Waals surface area (Å²) in [5, 5.41) is 9.41. The maximum absolute atomic E-state index is 9.41. The SMILES string of the molecule is Cc1ccccc1-c1ccc(Cn2c(C)nc3ccc(N(C)CO)cc32)cc1. The van der Waals surface area contributed by atoms with Crippen LogP contribution in [0.2, 0.25) is 0 Å². The van der Waals surface area contributed by atoms with E-state index in [1.54, 1.807) is 0 Å². The first-order valence-electron chi connectivity index (χ1n) is 9.50. The summed E-state index contributed by atoms with van der Waals surface area (Å²) >= 11 is 0. The minimum atomic E-state index is -0.0149. The average molecular weight is 371 g/mol. The Labute approximate surface area is 165 Å². The Kier molecular flexibility index (Phi) is 4.88. The zero-order valence-electron chi connectivity index (χ0n) is 16.6. The molecule has 0 fully saturated rings. The van der Waals surface area contributed by atoms with E-state index in [9.17, 15) is 5.11 Å². The van der Waals surface area contributed by atoms with Gasteiger partial charge in [0.25, 0.3) is 0 Å². The zero-order chi connectivity index (χ0) is 19.7. The molecule has 3 aromatic carbocycles. The number of aliphatic hydroxyl groups is 1. The predicted molar refractivity (Wildman–Crippen MR) is 116 cm³/mol. The molecule has 0 aliphatic carbocycles. The Morgan fingerprint density at radius 3 is 2.43 bits per heavy atom. The number of aliphatic hydroxyl groups excluding tert-OH is 1. The third-order valence-electron chi connectivity index (χ3n) is 5.33. The van der Waals surface area contributed by atoms with Crippen LogP contribution in [0.5, 0.6) is 0 Å². The van der Waals surface area contributed by atoms with Crippen molar-refractivity contribution >= 4 is 16.7 Å². The Balaban J connectivity index is 1.66. The van der Waals surface area contributed by atoms with Gasteiger partial charge < -0.3 is 14.6 Å². The summed E-state index contributed by atoms with van der Waals surface area (Å²) in [5.74, 6) is 0.988. The maximum atomic E-state index is 9.41. The molecule has 4 nitrogen and oxygen atoms in total. The van der Waals surface area contributed by atoms with Crippen molar-refractivity contribution in [3.8, 4) is 11.1 Å². The highest BCUT2D eigenvalue weighted by molar-refractivity contribution is 5.80. The van der Waals surface area contributed by atoms with Crippen molar-refractivity contribution in [3.05, 3.63) is 83.7 Å². The second-order valence-corrected chi connectivity index (χ2v) is 7.27. The fraction of sp³-hybridized carbons (Fsp3) is 0.208. The van der Waals surface area contributed by atoms with Gasteiger partial charge in [0.1, 0.15) is 12.6 Å². The molecular weight excluding hydrogens is 346 g/mol. The number of fused-ring (bicyclic) bond motifs is 1. The van der Waals surface area contributed by atoms with E-state index in [-0.39, 0.29) is 6.73 Å². The van der Waals surface area contributed by atoms with Gasteiger partial charge in [-0.1, -0.05) is 48.5 Å². The second-order valence-electron chi connectivity index (χ2n) is 7.27. The molecule has 1 N–H and O–H groups in total. The summed E-state index contributed by atoms with van der Waals surface area (Å²) in [6, 6.07) is 23.3. The normalized spacial score (nSPS) is 11.1. The van der Waals surface area contributed by atoms with Gasteiger partial charge in [-0.15, -0.1) is 0 Å². The first-order chi connectivity index (χ1) is 13.6. The minimum Gasteiger partial charge on any atom is -0.376 e. The van der Waals surface area contributed by atoms with Crippen molar-refractivity contribution in [1.82, 2.24) is 9.55 Å². The van der Waals surface area contributed by atoms with E-state index in [4.69, 9.17) is 4.98 Å². The van der Waals surface area contributed by atoms with Gasteiger partial charge >= 0.3 is 0 Å². The molecule has 4 heteroatoms. The van der Waals surface area contributed by atoms with Gasteiger partial charge in [0.05, 0.1) is 11.0 Å². The van der Waals surface area contributed by atoms with Crippen molar-refractivity contribution < 1.29 is 5.11 Å². The third kappa shape index (κ3) is 3.39. The van der Waals surface area contributed by atoms with Crippen molar-refractivity contribution in [2.75, 3.05) is 18.7 Å². The van der Waals surface area contributed by atoms with Crippen LogP contribution in [-0.4, -0.2) is 28.4 Å². The number of anilines is 1. The summed E-state index contributed by atoms with van der Waals surface area (Å²) in [6.45, 7) is 4.93. The standard InChI is InChI=1S/C24H25N3O/c1-17-6-4-5-7-22(17)20-10-8-19(9-11-20)15-27-18(2)25-23-13-12-21(14-24(23)27)26(3)16-28/h4-14,28H,15-16H2,1-3H3. The van der Waals surface area contributed by atoms with E-state index in [2.05, 4.69) is 66.1 Å². The van der Waals surface area contributed by atoms with Gasteiger partial charge in [-0.05, 0) is 54.3 Å². The predicted octanol–water partition coefficient (Wildman–Crippen LogP) is 4.75. The van der Waals surface area contributed by atoms with E-state index in [0.29, 0.717) is 0 Å². The van der Waals surface area contributed by atoms with E-state index < -0.39 is 0 Å². The van der Waals surface area contributed by atoms with Crippen molar-refractivity contribution in [1.29, 1.82) is 0 Å². The molecule has 0 aliphatic heterocycles. The lowest BCUT2D eigenvalue weighted by Gasteiger charge is -2.16. The lowest BCUT2D eigenvalue weighted by Crippen LogP contribution is -2.17. The molecule has 1 heterocycles. The summed E-state index contributed by atoms with van der Waals surface area (Å²) in [5.41, 5.74) is 8.07. The second kappa shape index (κ2) is 7.49. The van der Waals surface area contributed by atoms with Crippen LogP contribution < -0.4 is 4.90 Å². The van der Waals surface area contributed by atoms with Crippen LogP contribution in [-0.2, 0) is 6.54 Å². The lowest BCUT2D eigenvalue weighted by molar-refractivity contribution is 0.298. The highest BCUT2D eigenvalue weighted by atomic mass is 16.3. The summed E-state index contributed by atoms with van der Waals surface area (Å²) in [6.07, 6.45) is 0.